The SMILES string of the molecule is CCC1CCCC(Oc2cc(F)ccc2C(C)=O)C1. The van der Waals surface area contributed by atoms with Crippen LogP contribution in [0.4, 0.5) is 4.39 Å². The Morgan fingerprint density at radius 3 is 2.89 bits per heavy atom. The molecule has 1 aromatic rings. The highest BCUT2D eigenvalue weighted by molar-refractivity contribution is 5.96. The summed E-state index contributed by atoms with van der Waals surface area (Å²) in [5.74, 6) is 0.642. The highest BCUT2D eigenvalue weighted by Crippen LogP contribution is 2.31. The maximum absolute atomic E-state index is 13.3. The lowest BCUT2D eigenvalue weighted by Crippen LogP contribution is -2.25. The van der Waals surface area contributed by atoms with Crippen LogP contribution in [-0.2, 0) is 0 Å². The van der Waals surface area contributed by atoms with E-state index in [0.29, 0.717) is 17.2 Å². The number of carbonyl (C=O) groups is 1. The first-order valence-electron chi connectivity index (χ1n) is 7.07. The maximum atomic E-state index is 13.3. The van der Waals surface area contributed by atoms with Gasteiger partial charge in [-0.3, -0.25) is 4.79 Å². The van der Waals surface area contributed by atoms with Gasteiger partial charge in [0, 0.05) is 6.07 Å². The molecule has 0 aliphatic heterocycles. The molecule has 2 unspecified atom stereocenters. The molecule has 0 saturated heterocycles. The van der Waals surface area contributed by atoms with Gasteiger partial charge in [-0.05, 0) is 44.2 Å². The van der Waals surface area contributed by atoms with Gasteiger partial charge in [-0.2, -0.15) is 0 Å². The summed E-state index contributed by atoms with van der Waals surface area (Å²) in [5.41, 5.74) is 0.472. The predicted molar refractivity (Wildman–Crippen MR) is 73.1 cm³/mol. The second-order valence-electron chi connectivity index (χ2n) is 5.38. The molecule has 0 heterocycles. The molecule has 1 aliphatic rings. The van der Waals surface area contributed by atoms with E-state index in [1.807, 2.05) is 0 Å². The van der Waals surface area contributed by atoms with Crippen molar-refractivity contribution in [3.8, 4) is 5.75 Å². The van der Waals surface area contributed by atoms with Crippen LogP contribution < -0.4 is 4.74 Å². The molecule has 1 aliphatic carbocycles. The number of hydrogen-bond acceptors (Lipinski definition) is 2. The smallest absolute Gasteiger partial charge is 0.163 e. The zero-order valence-corrected chi connectivity index (χ0v) is 11.6. The minimum absolute atomic E-state index is 0.0853. The molecular weight excluding hydrogens is 243 g/mol. The van der Waals surface area contributed by atoms with Crippen LogP contribution in [0, 0.1) is 11.7 Å². The van der Waals surface area contributed by atoms with Crippen molar-refractivity contribution >= 4 is 5.78 Å². The van der Waals surface area contributed by atoms with E-state index in [4.69, 9.17) is 4.74 Å². The van der Waals surface area contributed by atoms with Crippen molar-refractivity contribution in [2.45, 2.75) is 52.1 Å². The Kier molecular flexibility index (Phi) is 4.56. The normalized spacial score (nSPS) is 23.1. The number of ether oxygens (including phenoxy) is 1. The quantitative estimate of drug-likeness (QED) is 0.754. The van der Waals surface area contributed by atoms with Crippen molar-refractivity contribution in [1.82, 2.24) is 0 Å². The zero-order chi connectivity index (χ0) is 13.8. The molecule has 2 atom stereocenters. The van der Waals surface area contributed by atoms with E-state index < -0.39 is 0 Å². The standard InChI is InChI=1S/C16H21FO2/c1-3-12-5-4-6-14(9-12)19-16-10-13(17)7-8-15(16)11(2)18/h7-8,10,12,14H,3-6,9H2,1-2H3. The summed E-state index contributed by atoms with van der Waals surface area (Å²) in [6.07, 6.45) is 5.66. The fraction of sp³-hybridized carbons (Fsp3) is 0.562. The summed E-state index contributed by atoms with van der Waals surface area (Å²) < 4.78 is 19.2. The molecule has 2 rings (SSSR count). The fourth-order valence-corrected chi connectivity index (χ4v) is 2.78. The molecule has 19 heavy (non-hydrogen) atoms. The molecule has 0 radical (unpaired) electrons. The Morgan fingerprint density at radius 2 is 2.21 bits per heavy atom. The zero-order valence-electron chi connectivity index (χ0n) is 11.6. The number of hydrogen-bond donors (Lipinski definition) is 0. The van der Waals surface area contributed by atoms with Crippen LogP contribution >= 0.6 is 0 Å². The third-order valence-electron chi connectivity index (χ3n) is 3.93. The molecule has 0 N–H and O–H groups in total. The Labute approximate surface area is 114 Å². The molecule has 1 saturated carbocycles. The molecule has 0 bridgehead atoms. The van der Waals surface area contributed by atoms with E-state index in [9.17, 15) is 9.18 Å². The fourth-order valence-electron chi connectivity index (χ4n) is 2.78. The number of Topliss-reactive ketones (excluding diaryl/α,β-unsaturated/α-hetero) is 1. The van der Waals surface area contributed by atoms with Gasteiger partial charge in [0.05, 0.1) is 11.7 Å². The first kappa shape index (κ1) is 14.0. The minimum atomic E-state index is -0.358. The Morgan fingerprint density at radius 1 is 1.42 bits per heavy atom. The van der Waals surface area contributed by atoms with Crippen molar-refractivity contribution in [1.29, 1.82) is 0 Å². The number of ketones is 1. The van der Waals surface area contributed by atoms with Gasteiger partial charge in [0.15, 0.2) is 5.78 Å². The summed E-state index contributed by atoms with van der Waals surface area (Å²) >= 11 is 0. The van der Waals surface area contributed by atoms with Gasteiger partial charge >= 0.3 is 0 Å². The van der Waals surface area contributed by atoms with Gasteiger partial charge in [0.2, 0.25) is 0 Å². The number of rotatable bonds is 4. The van der Waals surface area contributed by atoms with Gasteiger partial charge < -0.3 is 4.74 Å². The summed E-state index contributed by atoms with van der Waals surface area (Å²) in [7, 11) is 0. The third kappa shape index (κ3) is 3.55. The van der Waals surface area contributed by atoms with E-state index in [1.54, 1.807) is 0 Å². The van der Waals surface area contributed by atoms with Crippen LogP contribution in [0.5, 0.6) is 5.75 Å². The average molecular weight is 264 g/mol. The average Bonchev–Trinajstić information content (AvgIpc) is 2.38. The van der Waals surface area contributed by atoms with Gasteiger partial charge in [0.1, 0.15) is 11.6 Å². The lowest BCUT2D eigenvalue weighted by Gasteiger charge is -2.29. The van der Waals surface area contributed by atoms with Crippen molar-refractivity contribution in [3.05, 3.63) is 29.6 Å². The first-order valence-corrected chi connectivity index (χ1v) is 7.07. The highest BCUT2D eigenvalue weighted by Gasteiger charge is 2.23. The number of halogens is 1. The van der Waals surface area contributed by atoms with E-state index in [-0.39, 0.29) is 17.7 Å². The molecule has 0 spiro atoms. The van der Waals surface area contributed by atoms with Crippen molar-refractivity contribution in [2.24, 2.45) is 5.92 Å². The minimum Gasteiger partial charge on any atom is -0.490 e. The molecule has 1 aromatic carbocycles. The Bertz CT molecular complexity index is 456. The summed E-state index contributed by atoms with van der Waals surface area (Å²) in [6, 6.07) is 4.14. The number of benzene rings is 1. The van der Waals surface area contributed by atoms with Gasteiger partial charge in [-0.25, -0.2) is 4.39 Å². The second kappa shape index (κ2) is 6.18. The number of carbonyl (C=O) groups excluding carboxylic acids is 1. The van der Waals surface area contributed by atoms with Gasteiger partial charge in [-0.15, -0.1) is 0 Å². The van der Waals surface area contributed by atoms with E-state index in [1.165, 1.54) is 31.5 Å². The summed E-state index contributed by atoms with van der Waals surface area (Å²) in [5, 5.41) is 0. The van der Waals surface area contributed by atoms with Crippen LogP contribution in [0.2, 0.25) is 0 Å². The third-order valence-corrected chi connectivity index (χ3v) is 3.93. The highest BCUT2D eigenvalue weighted by atomic mass is 19.1. The largest absolute Gasteiger partial charge is 0.490 e. The van der Waals surface area contributed by atoms with Crippen LogP contribution in [0.1, 0.15) is 56.3 Å². The Hall–Kier alpha value is -1.38. The predicted octanol–water partition coefficient (Wildman–Crippen LogP) is 4.38. The lowest BCUT2D eigenvalue weighted by atomic mass is 9.85. The topological polar surface area (TPSA) is 26.3 Å². The molecular formula is C16H21FO2. The monoisotopic (exact) mass is 264 g/mol. The second-order valence-corrected chi connectivity index (χ2v) is 5.38. The van der Waals surface area contributed by atoms with Crippen LogP contribution in [-0.4, -0.2) is 11.9 Å². The maximum Gasteiger partial charge on any atom is 0.163 e. The molecule has 0 aromatic heterocycles. The van der Waals surface area contributed by atoms with Crippen LogP contribution in [0.3, 0.4) is 0 Å². The van der Waals surface area contributed by atoms with E-state index in [0.717, 1.165) is 25.7 Å². The van der Waals surface area contributed by atoms with Crippen molar-refractivity contribution < 1.29 is 13.9 Å². The van der Waals surface area contributed by atoms with Gasteiger partial charge in [0.25, 0.3) is 0 Å². The van der Waals surface area contributed by atoms with Gasteiger partial charge in [-0.1, -0.05) is 19.8 Å². The van der Waals surface area contributed by atoms with E-state index >= 15 is 0 Å². The molecule has 1 fully saturated rings. The lowest BCUT2D eigenvalue weighted by molar-refractivity contribution is 0.0988. The summed E-state index contributed by atoms with van der Waals surface area (Å²) in [4.78, 5) is 11.5. The van der Waals surface area contributed by atoms with Crippen molar-refractivity contribution in [3.63, 3.8) is 0 Å². The Balaban J connectivity index is 2.13. The molecule has 104 valence electrons. The molecule has 2 nitrogen and oxygen atoms in total. The molecule has 0 amide bonds. The molecule has 3 heteroatoms. The van der Waals surface area contributed by atoms with Crippen molar-refractivity contribution in [2.75, 3.05) is 0 Å². The van der Waals surface area contributed by atoms with Crippen LogP contribution in [0.25, 0.3) is 0 Å². The van der Waals surface area contributed by atoms with Crippen LogP contribution in [0.15, 0.2) is 18.2 Å². The first-order chi connectivity index (χ1) is 9.10. The van der Waals surface area contributed by atoms with E-state index in [2.05, 4.69) is 6.92 Å². The summed E-state index contributed by atoms with van der Waals surface area (Å²) in [6.45, 7) is 3.67.